The summed E-state index contributed by atoms with van der Waals surface area (Å²) in [6.45, 7) is 2.18. The van der Waals surface area contributed by atoms with Gasteiger partial charge in [-0.3, -0.25) is 4.98 Å². The molecule has 0 aliphatic carbocycles. The minimum absolute atomic E-state index is 0.363. The highest BCUT2D eigenvalue weighted by molar-refractivity contribution is 5.61. The first kappa shape index (κ1) is 7.74. The van der Waals surface area contributed by atoms with E-state index in [4.69, 9.17) is 0 Å². The van der Waals surface area contributed by atoms with E-state index >= 15 is 0 Å². The number of fused-ring (bicyclic) bond motifs is 3. The fraction of sp³-hybridized carbons (Fsp3) is 0.273. The van der Waals surface area contributed by atoms with E-state index in [2.05, 4.69) is 46.5 Å². The molecule has 14 heavy (non-hydrogen) atoms. The number of nitrogens with zero attached hydrogens (tertiary/aromatic N) is 3. The van der Waals surface area contributed by atoms with Gasteiger partial charge in [-0.15, -0.1) is 0 Å². The van der Waals surface area contributed by atoms with Crippen LogP contribution in [0.2, 0.25) is 0 Å². The smallest absolute Gasteiger partial charge is 0.256 e. The summed E-state index contributed by atoms with van der Waals surface area (Å²) in [4.78, 5) is 4.43. The highest BCUT2D eigenvalue weighted by atomic mass is 15.2. The summed E-state index contributed by atoms with van der Waals surface area (Å²) < 4.78 is 4.40. The van der Waals surface area contributed by atoms with E-state index in [-0.39, 0.29) is 0 Å². The summed E-state index contributed by atoms with van der Waals surface area (Å²) in [6.07, 6.45) is 6.06. The Labute approximate surface area is 82.6 Å². The lowest BCUT2D eigenvalue weighted by Gasteiger charge is -1.99. The van der Waals surface area contributed by atoms with Gasteiger partial charge in [-0.05, 0) is 19.1 Å². The topological polar surface area (TPSA) is 21.7 Å². The van der Waals surface area contributed by atoms with E-state index in [1.165, 1.54) is 17.1 Å². The van der Waals surface area contributed by atoms with Gasteiger partial charge in [0.2, 0.25) is 0 Å². The Hall–Kier alpha value is -1.64. The Kier molecular flexibility index (Phi) is 1.35. The maximum absolute atomic E-state index is 4.43. The van der Waals surface area contributed by atoms with Crippen molar-refractivity contribution < 1.29 is 4.57 Å². The van der Waals surface area contributed by atoms with Crippen LogP contribution < -0.4 is 4.57 Å². The molecule has 0 N–H and O–H groups in total. The van der Waals surface area contributed by atoms with Crippen molar-refractivity contribution >= 4 is 0 Å². The molecule has 3 nitrogen and oxygen atoms in total. The maximum Gasteiger partial charge on any atom is 0.291 e. The van der Waals surface area contributed by atoms with Crippen LogP contribution in [-0.4, -0.2) is 9.55 Å². The molecule has 1 atom stereocenters. The number of aromatic nitrogens is 3. The summed E-state index contributed by atoms with van der Waals surface area (Å²) in [5, 5.41) is 0. The molecule has 1 aliphatic heterocycles. The highest BCUT2D eigenvalue weighted by Gasteiger charge is 2.34. The molecule has 0 saturated carbocycles. The third-order valence-corrected chi connectivity index (χ3v) is 2.92. The van der Waals surface area contributed by atoms with E-state index in [1.807, 2.05) is 12.3 Å². The molecule has 70 valence electrons. The van der Waals surface area contributed by atoms with Gasteiger partial charge in [-0.2, -0.15) is 0 Å². The van der Waals surface area contributed by atoms with Crippen LogP contribution in [0.4, 0.5) is 0 Å². The van der Waals surface area contributed by atoms with Gasteiger partial charge in [-0.1, -0.05) is 0 Å². The lowest BCUT2D eigenvalue weighted by Crippen LogP contribution is -2.27. The van der Waals surface area contributed by atoms with Crippen molar-refractivity contribution in [2.45, 2.75) is 13.0 Å². The first-order chi connectivity index (χ1) is 6.79. The Morgan fingerprint density at radius 3 is 3.21 bits per heavy atom. The summed E-state index contributed by atoms with van der Waals surface area (Å²) in [6, 6.07) is 4.49. The van der Waals surface area contributed by atoms with Crippen molar-refractivity contribution in [3.8, 4) is 11.4 Å². The van der Waals surface area contributed by atoms with E-state index in [0.717, 1.165) is 0 Å². The van der Waals surface area contributed by atoms with Crippen molar-refractivity contribution in [1.82, 2.24) is 9.55 Å². The molecule has 2 aromatic rings. The standard InChI is InChI=1S/C11H12N3/c1-8-10-9(4-3-5-12-10)11-13(2)6-7-14(8)11/h3-8H,1-2H3/q+1. The lowest BCUT2D eigenvalue weighted by atomic mass is 10.1. The van der Waals surface area contributed by atoms with E-state index in [9.17, 15) is 0 Å². The van der Waals surface area contributed by atoms with Crippen molar-refractivity contribution in [2.24, 2.45) is 7.05 Å². The third-order valence-electron chi connectivity index (χ3n) is 2.92. The van der Waals surface area contributed by atoms with E-state index in [0.29, 0.717) is 6.04 Å². The lowest BCUT2D eigenvalue weighted by molar-refractivity contribution is -0.659. The quantitative estimate of drug-likeness (QED) is 0.568. The zero-order chi connectivity index (χ0) is 9.71. The number of pyridine rings is 1. The summed E-state index contributed by atoms with van der Waals surface area (Å²) >= 11 is 0. The maximum atomic E-state index is 4.43. The second-order valence-electron chi connectivity index (χ2n) is 3.75. The summed E-state index contributed by atoms with van der Waals surface area (Å²) in [5.74, 6) is 1.25. The first-order valence-corrected chi connectivity index (χ1v) is 4.81. The molecule has 1 aliphatic rings. The molecule has 0 amide bonds. The Balaban J connectivity index is 2.38. The number of aryl methyl sites for hydroxylation is 1. The predicted molar refractivity (Wildman–Crippen MR) is 52.7 cm³/mol. The summed E-state index contributed by atoms with van der Waals surface area (Å²) in [7, 11) is 2.07. The largest absolute Gasteiger partial charge is 0.291 e. The van der Waals surface area contributed by atoms with Crippen LogP contribution in [0.3, 0.4) is 0 Å². The normalized spacial score (nSPS) is 18.0. The molecule has 0 bridgehead atoms. The van der Waals surface area contributed by atoms with Gasteiger partial charge >= 0.3 is 0 Å². The molecule has 0 fully saturated rings. The van der Waals surface area contributed by atoms with Crippen molar-refractivity contribution in [1.29, 1.82) is 0 Å². The van der Waals surface area contributed by atoms with Crippen LogP contribution in [0.15, 0.2) is 30.7 Å². The fourth-order valence-corrected chi connectivity index (χ4v) is 2.21. The van der Waals surface area contributed by atoms with Gasteiger partial charge in [-0.25, -0.2) is 9.13 Å². The molecule has 3 heterocycles. The molecule has 3 heteroatoms. The molecule has 3 rings (SSSR count). The monoisotopic (exact) mass is 186 g/mol. The Bertz CT molecular complexity index is 499. The van der Waals surface area contributed by atoms with Crippen LogP contribution in [0, 0.1) is 0 Å². The molecule has 0 spiro atoms. The first-order valence-electron chi connectivity index (χ1n) is 4.81. The predicted octanol–water partition coefficient (Wildman–Crippen LogP) is 1.30. The van der Waals surface area contributed by atoms with Gasteiger partial charge in [0.15, 0.2) is 0 Å². The number of hydrogen-bond donors (Lipinski definition) is 0. The van der Waals surface area contributed by atoms with Crippen LogP contribution in [0.25, 0.3) is 11.4 Å². The van der Waals surface area contributed by atoms with Crippen molar-refractivity contribution in [3.05, 3.63) is 36.4 Å². The van der Waals surface area contributed by atoms with Gasteiger partial charge < -0.3 is 0 Å². The van der Waals surface area contributed by atoms with Crippen LogP contribution in [0.1, 0.15) is 18.7 Å². The zero-order valence-electron chi connectivity index (χ0n) is 8.31. The minimum atomic E-state index is 0.363. The molecular formula is C11H12N3+. The number of rotatable bonds is 0. The van der Waals surface area contributed by atoms with Gasteiger partial charge in [0.05, 0.1) is 12.6 Å². The third kappa shape index (κ3) is 0.769. The average Bonchev–Trinajstić information content (AvgIpc) is 2.70. The average molecular weight is 186 g/mol. The van der Waals surface area contributed by atoms with Gasteiger partial charge in [0, 0.05) is 6.20 Å². The molecule has 0 aromatic carbocycles. The summed E-state index contributed by atoms with van der Waals surface area (Å²) in [5.41, 5.74) is 2.44. The van der Waals surface area contributed by atoms with Gasteiger partial charge in [0.1, 0.15) is 24.1 Å². The second kappa shape index (κ2) is 2.44. The molecular weight excluding hydrogens is 174 g/mol. The molecule has 0 radical (unpaired) electrons. The van der Waals surface area contributed by atoms with Gasteiger partial charge in [0.25, 0.3) is 5.82 Å². The second-order valence-corrected chi connectivity index (χ2v) is 3.75. The van der Waals surface area contributed by atoms with Crippen molar-refractivity contribution in [3.63, 3.8) is 0 Å². The van der Waals surface area contributed by atoms with Crippen LogP contribution >= 0.6 is 0 Å². The Morgan fingerprint density at radius 1 is 1.50 bits per heavy atom. The fourth-order valence-electron chi connectivity index (χ4n) is 2.21. The van der Waals surface area contributed by atoms with Crippen molar-refractivity contribution in [2.75, 3.05) is 0 Å². The Morgan fingerprint density at radius 2 is 2.36 bits per heavy atom. The van der Waals surface area contributed by atoms with E-state index < -0.39 is 0 Å². The molecule has 2 aromatic heterocycles. The highest BCUT2D eigenvalue weighted by Crippen LogP contribution is 2.34. The SMILES string of the molecule is CC1c2ncccc2-c2n1cc[n+]2C. The molecule has 1 unspecified atom stereocenters. The molecule has 0 saturated heterocycles. The van der Waals surface area contributed by atoms with Crippen LogP contribution in [-0.2, 0) is 7.05 Å². The van der Waals surface area contributed by atoms with E-state index in [1.54, 1.807) is 0 Å². The van der Waals surface area contributed by atoms with Crippen LogP contribution in [0.5, 0.6) is 0 Å². The number of imidazole rings is 1. The zero-order valence-corrected chi connectivity index (χ0v) is 8.31. The number of hydrogen-bond acceptors (Lipinski definition) is 1. The minimum Gasteiger partial charge on any atom is -0.256 e.